The zero-order valence-electron chi connectivity index (χ0n) is 10.2. The highest BCUT2D eigenvalue weighted by molar-refractivity contribution is 7.99. The first-order valence-corrected chi connectivity index (χ1v) is 7.40. The van der Waals surface area contributed by atoms with Gasteiger partial charge in [-0.3, -0.25) is 0 Å². The third-order valence-electron chi connectivity index (χ3n) is 2.74. The first-order valence-electron chi connectivity index (χ1n) is 6.04. The van der Waals surface area contributed by atoms with Crippen LogP contribution in [0, 0.1) is 0 Å². The standard InChI is InChI=1S/C15H12ClNOS/c16-11-5-7-12(8-6-11)19-10-9-15-17-13-3-1-2-4-14(13)18-15/h1-8H,9-10H2. The number of hydrogen-bond donors (Lipinski definition) is 0. The van der Waals surface area contributed by atoms with Crippen molar-refractivity contribution in [1.82, 2.24) is 4.98 Å². The summed E-state index contributed by atoms with van der Waals surface area (Å²) in [5.41, 5.74) is 1.78. The molecule has 96 valence electrons. The summed E-state index contributed by atoms with van der Waals surface area (Å²) in [4.78, 5) is 5.67. The third kappa shape index (κ3) is 3.11. The van der Waals surface area contributed by atoms with E-state index >= 15 is 0 Å². The molecule has 19 heavy (non-hydrogen) atoms. The minimum absolute atomic E-state index is 0.767. The van der Waals surface area contributed by atoms with E-state index in [0.29, 0.717) is 0 Å². The fraction of sp³-hybridized carbons (Fsp3) is 0.133. The van der Waals surface area contributed by atoms with E-state index in [9.17, 15) is 0 Å². The molecule has 0 N–H and O–H groups in total. The number of halogens is 1. The van der Waals surface area contributed by atoms with Crippen molar-refractivity contribution in [3.8, 4) is 0 Å². The molecule has 2 nitrogen and oxygen atoms in total. The number of aryl methyl sites for hydroxylation is 1. The van der Waals surface area contributed by atoms with Crippen LogP contribution in [-0.2, 0) is 6.42 Å². The number of para-hydroxylation sites is 2. The lowest BCUT2D eigenvalue weighted by atomic mass is 10.3. The van der Waals surface area contributed by atoms with Gasteiger partial charge in [-0.25, -0.2) is 4.98 Å². The van der Waals surface area contributed by atoms with Crippen LogP contribution >= 0.6 is 23.4 Å². The normalized spacial score (nSPS) is 11.0. The Kier molecular flexibility index (Phi) is 3.76. The van der Waals surface area contributed by atoms with Gasteiger partial charge in [0.2, 0.25) is 0 Å². The molecule has 0 saturated heterocycles. The number of aromatic nitrogens is 1. The van der Waals surface area contributed by atoms with Crippen LogP contribution in [0.3, 0.4) is 0 Å². The fourth-order valence-corrected chi connectivity index (χ4v) is 2.78. The summed E-state index contributed by atoms with van der Waals surface area (Å²) in [6.45, 7) is 0. The smallest absolute Gasteiger partial charge is 0.196 e. The molecule has 0 atom stereocenters. The maximum Gasteiger partial charge on any atom is 0.196 e. The number of oxazole rings is 1. The maximum atomic E-state index is 5.85. The van der Waals surface area contributed by atoms with Crippen molar-refractivity contribution in [2.24, 2.45) is 0 Å². The van der Waals surface area contributed by atoms with Crippen molar-refractivity contribution in [1.29, 1.82) is 0 Å². The lowest BCUT2D eigenvalue weighted by molar-refractivity contribution is 0.539. The minimum atomic E-state index is 0.767. The zero-order chi connectivity index (χ0) is 13.1. The second-order valence-corrected chi connectivity index (χ2v) is 5.73. The van der Waals surface area contributed by atoms with Crippen molar-refractivity contribution in [2.75, 3.05) is 5.75 Å². The lowest BCUT2D eigenvalue weighted by Crippen LogP contribution is -1.88. The second kappa shape index (κ2) is 5.68. The first kappa shape index (κ1) is 12.6. The van der Waals surface area contributed by atoms with Crippen LogP contribution < -0.4 is 0 Å². The van der Waals surface area contributed by atoms with Crippen LogP contribution in [0.15, 0.2) is 57.8 Å². The minimum Gasteiger partial charge on any atom is -0.441 e. The fourth-order valence-electron chi connectivity index (χ4n) is 1.81. The molecule has 0 fully saturated rings. The summed E-state index contributed by atoms with van der Waals surface area (Å²) >= 11 is 7.63. The van der Waals surface area contributed by atoms with E-state index < -0.39 is 0 Å². The van der Waals surface area contributed by atoms with Gasteiger partial charge in [0.1, 0.15) is 5.52 Å². The zero-order valence-corrected chi connectivity index (χ0v) is 11.7. The Hall–Kier alpha value is -1.45. The molecule has 0 aliphatic rings. The van der Waals surface area contributed by atoms with Gasteiger partial charge in [-0.1, -0.05) is 23.7 Å². The molecule has 0 spiro atoms. The van der Waals surface area contributed by atoms with E-state index in [1.165, 1.54) is 4.90 Å². The summed E-state index contributed by atoms with van der Waals surface area (Å²) in [6, 6.07) is 15.7. The molecule has 0 radical (unpaired) electrons. The number of thioether (sulfide) groups is 1. The Morgan fingerprint density at radius 1 is 1.05 bits per heavy atom. The monoisotopic (exact) mass is 289 g/mol. The van der Waals surface area contributed by atoms with Crippen molar-refractivity contribution >= 4 is 34.5 Å². The Morgan fingerprint density at radius 2 is 1.84 bits per heavy atom. The molecule has 0 amide bonds. The van der Waals surface area contributed by atoms with Crippen LogP contribution in [0.1, 0.15) is 5.89 Å². The quantitative estimate of drug-likeness (QED) is 0.644. The van der Waals surface area contributed by atoms with Gasteiger partial charge < -0.3 is 4.42 Å². The molecular formula is C15H12ClNOS. The van der Waals surface area contributed by atoms with Crippen molar-refractivity contribution in [3.05, 3.63) is 59.4 Å². The number of benzene rings is 2. The largest absolute Gasteiger partial charge is 0.441 e. The molecule has 1 aromatic heterocycles. The van der Waals surface area contributed by atoms with Crippen LogP contribution in [0.25, 0.3) is 11.1 Å². The first-order chi connectivity index (χ1) is 9.31. The van der Waals surface area contributed by atoms with Crippen LogP contribution in [-0.4, -0.2) is 10.7 Å². The highest BCUT2D eigenvalue weighted by atomic mass is 35.5. The highest BCUT2D eigenvalue weighted by Crippen LogP contribution is 2.22. The van der Waals surface area contributed by atoms with E-state index in [-0.39, 0.29) is 0 Å². The summed E-state index contributed by atoms with van der Waals surface area (Å²) < 4.78 is 5.68. The topological polar surface area (TPSA) is 26.0 Å². The number of hydrogen-bond acceptors (Lipinski definition) is 3. The molecule has 3 rings (SSSR count). The molecular weight excluding hydrogens is 278 g/mol. The van der Waals surface area contributed by atoms with Gasteiger partial charge in [-0.05, 0) is 36.4 Å². The van der Waals surface area contributed by atoms with Gasteiger partial charge in [0.05, 0.1) is 0 Å². The summed E-state index contributed by atoms with van der Waals surface area (Å²) in [5.74, 6) is 1.73. The predicted octanol–water partition coefficient (Wildman–Crippen LogP) is 4.82. The SMILES string of the molecule is Clc1ccc(SCCc2nc3ccccc3o2)cc1. The molecule has 0 bridgehead atoms. The van der Waals surface area contributed by atoms with Gasteiger partial charge in [0, 0.05) is 22.1 Å². The molecule has 3 aromatic rings. The lowest BCUT2D eigenvalue weighted by Gasteiger charge is -1.99. The van der Waals surface area contributed by atoms with Crippen LogP contribution in [0.4, 0.5) is 0 Å². The molecule has 0 saturated carbocycles. The van der Waals surface area contributed by atoms with Gasteiger partial charge in [-0.2, -0.15) is 0 Å². The van der Waals surface area contributed by atoms with E-state index in [1.54, 1.807) is 11.8 Å². The van der Waals surface area contributed by atoms with Crippen molar-refractivity contribution in [2.45, 2.75) is 11.3 Å². The van der Waals surface area contributed by atoms with Crippen LogP contribution in [0.2, 0.25) is 5.02 Å². The summed E-state index contributed by atoms with van der Waals surface area (Å²) in [5, 5.41) is 0.767. The molecule has 0 aliphatic heterocycles. The average Bonchev–Trinajstić information content (AvgIpc) is 2.83. The highest BCUT2D eigenvalue weighted by Gasteiger charge is 2.04. The van der Waals surface area contributed by atoms with Crippen LogP contribution in [0.5, 0.6) is 0 Å². The predicted molar refractivity (Wildman–Crippen MR) is 79.9 cm³/mol. The molecule has 2 aromatic carbocycles. The van der Waals surface area contributed by atoms with Crippen molar-refractivity contribution in [3.63, 3.8) is 0 Å². The van der Waals surface area contributed by atoms with Gasteiger partial charge >= 0.3 is 0 Å². The Bertz CT molecular complexity index is 645. The maximum absolute atomic E-state index is 5.85. The molecule has 1 heterocycles. The van der Waals surface area contributed by atoms with Crippen molar-refractivity contribution < 1.29 is 4.42 Å². The van der Waals surface area contributed by atoms with E-state index in [2.05, 4.69) is 4.98 Å². The van der Waals surface area contributed by atoms with Gasteiger partial charge in [0.15, 0.2) is 11.5 Å². The van der Waals surface area contributed by atoms with E-state index in [1.807, 2.05) is 48.5 Å². The second-order valence-electron chi connectivity index (χ2n) is 4.13. The Balaban J connectivity index is 1.61. The molecule has 0 aliphatic carbocycles. The number of nitrogens with zero attached hydrogens (tertiary/aromatic N) is 1. The number of fused-ring (bicyclic) bond motifs is 1. The summed E-state index contributed by atoms with van der Waals surface area (Å²) in [7, 11) is 0. The Morgan fingerprint density at radius 3 is 2.63 bits per heavy atom. The summed E-state index contributed by atoms with van der Waals surface area (Å²) in [6.07, 6.45) is 0.821. The average molecular weight is 290 g/mol. The third-order valence-corrected chi connectivity index (χ3v) is 4.00. The molecule has 4 heteroatoms. The van der Waals surface area contributed by atoms with Gasteiger partial charge in [-0.15, -0.1) is 11.8 Å². The number of rotatable bonds is 4. The molecule has 0 unspecified atom stereocenters. The van der Waals surface area contributed by atoms with E-state index in [4.69, 9.17) is 16.0 Å². The van der Waals surface area contributed by atoms with E-state index in [0.717, 1.165) is 34.2 Å². The Labute approximate surface area is 120 Å². The van der Waals surface area contributed by atoms with Gasteiger partial charge in [0.25, 0.3) is 0 Å².